The van der Waals surface area contributed by atoms with Crippen LogP contribution >= 0.6 is 11.6 Å². The largest absolute Gasteiger partial charge is 0.338 e. The van der Waals surface area contributed by atoms with E-state index in [1.807, 2.05) is 0 Å². The molecule has 1 aromatic rings. The summed E-state index contributed by atoms with van der Waals surface area (Å²) in [6, 6.07) is -0.247. The number of amides is 2. The predicted octanol–water partition coefficient (Wildman–Crippen LogP) is 0.163. The fourth-order valence-electron chi connectivity index (χ4n) is 1.62. The first-order chi connectivity index (χ1) is 9.54. The normalized spacial score (nSPS) is 10.3. The number of halogens is 1. The van der Waals surface area contributed by atoms with Gasteiger partial charge >= 0.3 is 11.7 Å². The zero-order chi connectivity index (χ0) is 15.0. The van der Waals surface area contributed by atoms with Crippen molar-refractivity contribution >= 4 is 17.6 Å². The molecule has 2 amide bonds. The number of carbonyl (C=O) groups is 1. The van der Waals surface area contributed by atoms with Crippen LogP contribution in [0.4, 0.5) is 4.79 Å². The molecule has 0 aliphatic rings. The topological polar surface area (TPSA) is 96.0 Å². The smallest absolute Gasteiger partial charge is 0.328 e. The molecule has 8 heteroatoms. The Morgan fingerprint density at radius 1 is 1.30 bits per heavy atom. The Balaban J connectivity index is 2.28. The molecular formula is C12H19ClN4O3. The standard InChI is InChI=1S/C12H19ClN4O3/c1-9-8-17(12(20)16-10(9)18)7-3-2-5-14-11(19)15-6-4-13/h8H,2-7H2,1H3,(H2,14,15,19)(H,16,18,20). The number of carbonyl (C=O) groups excluding carboxylic acids is 1. The summed E-state index contributed by atoms with van der Waals surface area (Å²) in [6.45, 7) is 3.10. The van der Waals surface area contributed by atoms with Gasteiger partial charge in [0.15, 0.2) is 0 Å². The molecular weight excluding hydrogens is 284 g/mol. The molecule has 0 aromatic carbocycles. The van der Waals surface area contributed by atoms with Crippen molar-refractivity contribution in [2.75, 3.05) is 19.0 Å². The highest BCUT2D eigenvalue weighted by molar-refractivity contribution is 6.18. The lowest BCUT2D eigenvalue weighted by Crippen LogP contribution is -2.37. The van der Waals surface area contributed by atoms with E-state index in [0.717, 1.165) is 12.8 Å². The van der Waals surface area contributed by atoms with Crippen molar-refractivity contribution in [1.82, 2.24) is 20.2 Å². The minimum absolute atomic E-state index is 0.247. The third-order valence-electron chi connectivity index (χ3n) is 2.68. The summed E-state index contributed by atoms with van der Waals surface area (Å²) in [4.78, 5) is 36.1. The summed E-state index contributed by atoms with van der Waals surface area (Å²) < 4.78 is 1.46. The second kappa shape index (κ2) is 8.42. The van der Waals surface area contributed by atoms with Crippen LogP contribution in [-0.2, 0) is 6.54 Å². The Kier molecular flexibility index (Phi) is 6.86. The third-order valence-corrected chi connectivity index (χ3v) is 2.87. The maximum Gasteiger partial charge on any atom is 0.328 e. The molecule has 0 bridgehead atoms. The summed E-state index contributed by atoms with van der Waals surface area (Å²) in [6.07, 6.45) is 3.00. The van der Waals surface area contributed by atoms with E-state index in [1.165, 1.54) is 4.57 Å². The summed E-state index contributed by atoms with van der Waals surface area (Å²) >= 11 is 5.44. The maximum atomic E-state index is 11.5. The molecule has 3 N–H and O–H groups in total. The van der Waals surface area contributed by atoms with Crippen LogP contribution in [0.3, 0.4) is 0 Å². The lowest BCUT2D eigenvalue weighted by molar-refractivity contribution is 0.241. The van der Waals surface area contributed by atoms with E-state index in [-0.39, 0.29) is 11.6 Å². The maximum absolute atomic E-state index is 11.5. The lowest BCUT2D eigenvalue weighted by atomic mass is 10.3. The number of aromatic nitrogens is 2. The van der Waals surface area contributed by atoms with Crippen molar-refractivity contribution in [1.29, 1.82) is 0 Å². The van der Waals surface area contributed by atoms with Gasteiger partial charge in [-0.1, -0.05) is 0 Å². The van der Waals surface area contributed by atoms with Gasteiger partial charge in [0, 0.05) is 37.3 Å². The number of hydrogen-bond acceptors (Lipinski definition) is 3. The molecule has 0 aliphatic carbocycles. The van der Waals surface area contributed by atoms with Crippen LogP contribution in [0, 0.1) is 6.92 Å². The first kappa shape index (κ1) is 16.3. The highest BCUT2D eigenvalue weighted by Crippen LogP contribution is 1.92. The van der Waals surface area contributed by atoms with Gasteiger partial charge in [-0.2, -0.15) is 0 Å². The van der Waals surface area contributed by atoms with Crippen LogP contribution in [0.1, 0.15) is 18.4 Å². The monoisotopic (exact) mass is 302 g/mol. The molecule has 112 valence electrons. The van der Waals surface area contributed by atoms with Gasteiger partial charge in [-0.15, -0.1) is 11.6 Å². The first-order valence-electron chi connectivity index (χ1n) is 6.42. The predicted molar refractivity (Wildman–Crippen MR) is 77.4 cm³/mol. The first-order valence-corrected chi connectivity index (χ1v) is 6.96. The van der Waals surface area contributed by atoms with E-state index in [9.17, 15) is 14.4 Å². The number of H-pyrrole nitrogens is 1. The molecule has 1 aromatic heterocycles. The van der Waals surface area contributed by atoms with Crippen molar-refractivity contribution in [3.8, 4) is 0 Å². The van der Waals surface area contributed by atoms with Crippen molar-refractivity contribution in [2.24, 2.45) is 0 Å². The van der Waals surface area contributed by atoms with Crippen LogP contribution in [-0.4, -0.2) is 34.6 Å². The number of unbranched alkanes of at least 4 members (excludes halogenated alkanes) is 1. The Hall–Kier alpha value is -1.76. The average molecular weight is 303 g/mol. The number of nitrogens with zero attached hydrogens (tertiary/aromatic N) is 1. The number of rotatable bonds is 7. The second-order valence-corrected chi connectivity index (χ2v) is 4.72. The van der Waals surface area contributed by atoms with Crippen molar-refractivity contribution in [3.63, 3.8) is 0 Å². The van der Waals surface area contributed by atoms with E-state index in [0.29, 0.717) is 31.1 Å². The van der Waals surface area contributed by atoms with E-state index < -0.39 is 5.69 Å². The Morgan fingerprint density at radius 3 is 2.70 bits per heavy atom. The quantitative estimate of drug-likeness (QED) is 0.494. The fraction of sp³-hybridized carbons (Fsp3) is 0.583. The number of nitrogens with one attached hydrogen (secondary N) is 3. The van der Waals surface area contributed by atoms with Gasteiger partial charge in [-0.3, -0.25) is 9.78 Å². The molecule has 7 nitrogen and oxygen atoms in total. The molecule has 0 radical (unpaired) electrons. The third kappa shape index (κ3) is 5.48. The fourth-order valence-corrected chi connectivity index (χ4v) is 1.71. The van der Waals surface area contributed by atoms with Gasteiger partial charge in [0.1, 0.15) is 0 Å². The van der Waals surface area contributed by atoms with E-state index in [4.69, 9.17) is 11.6 Å². The number of hydrogen-bond donors (Lipinski definition) is 3. The molecule has 20 heavy (non-hydrogen) atoms. The highest BCUT2D eigenvalue weighted by atomic mass is 35.5. The summed E-state index contributed by atoms with van der Waals surface area (Å²) in [5, 5.41) is 5.27. The van der Waals surface area contributed by atoms with Gasteiger partial charge in [0.25, 0.3) is 5.56 Å². The van der Waals surface area contributed by atoms with Gasteiger partial charge in [0.05, 0.1) is 0 Å². The molecule has 0 saturated carbocycles. The van der Waals surface area contributed by atoms with Crippen LogP contribution in [0.2, 0.25) is 0 Å². The molecule has 0 atom stereocenters. The van der Waals surface area contributed by atoms with Crippen LogP contribution in [0.25, 0.3) is 0 Å². The van der Waals surface area contributed by atoms with Gasteiger partial charge in [-0.05, 0) is 19.8 Å². The molecule has 0 aliphatic heterocycles. The van der Waals surface area contributed by atoms with Gasteiger partial charge in [0.2, 0.25) is 0 Å². The second-order valence-electron chi connectivity index (χ2n) is 4.34. The zero-order valence-corrected chi connectivity index (χ0v) is 12.1. The summed E-state index contributed by atoms with van der Waals surface area (Å²) in [5.74, 6) is 0.377. The Bertz CT molecular complexity index is 552. The molecule has 1 rings (SSSR count). The molecule has 0 unspecified atom stereocenters. The van der Waals surface area contributed by atoms with Crippen LogP contribution in [0.5, 0.6) is 0 Å². The van der Waals surface area contributed by atoms with E-state index in [2.05, 4.69) is 15.6 Å². The Labute approximate surface area is 121 Å². The average Bonchev–Trinajstić information content (AvgIpc) is 2.41. The molecule has 0 fully saturated rings. The minimum Gasteiger partial charge on any atom is -0.338 e. The summed E-state index contributed by atoms with van der Waals surface area (Å²) in [7, 11) is 0. The van der Waals surface area contributed by atoms with Crippen molar-refractivity contribution in [2.45, 2.75) is 26.3 Å². The molecule has 0 spiro atoms. The Morgan fingerprint density at radius 2 is 2.00 bits per heavy atom. The van der Waals surface area contributed by atoms with E-state index >= 15 is 0 Å². The number of urea groups is 1. The summed E-state index contributed by atoms with van der Waals surface area (Å²) in [5.41, 5.74) is -0.263. The minimum atomic E-state index is -0.409. The van der Waals surface area contributed by atoms with Crippen LogP contribution < -0.4 is 21.9 Å². The molecule has 1 heterocycles. The van der Waals surface area contributed by atoms with Gasteiger partial charge < -0.3 is 15.2 Å². The number of alkyl halides is 1. The van der Waals surface area contributed by atoms with Crippen LogP contribution in [0.15, 0.2) is 15.8 Å². The lowest BCUT2D eigenvalue weighted by Gasteiger charge is -2.07. The van der Waals surface area contributed by atoms with Crippen molar-refractivity contribution in [3.05, 3.63) is 32.6 Å². The van der Waals surface area contributed by atoms with E-state index in [1.54, 1.807) is 13.1 Å². The highest BCUT2D eigenvalue weighted by Gasteiger charge is 2.01. The number of aryl methyl sites for hydroxylation is 2. The van der Waals surface area contributed by atoms with Gasteiger partial charge in [-0.25, -0.2) is 9.59 Å². The SMILES string of the molecule is Cc1cn(CCCCNC(=O)NCCCl)c(=O)[nH]c1=O. The molecule has 0 saturated heterocycles. The number of aromatic amines is 1. The zero-order valence-electron chi connectivity index (χ0n) is 11.4. The van der Waals surface area contributed by atoms with Crippen molar-refractivity contribution < 1.29 is 4.79 Å².